The predicted octanol–water partition coefficient (Wildman–Crippen LogP) is 1.51. The number of carbonyl (C=O) groups excluding carboxylic acids is 1. The number of rotatable bonds is 5. The van der Waals surface area contributed by atoms with E-state index in [1.165, 1.54) is 5.69 Å². The number of amides is 1. The van der Waals surface area contributed by atoms with Gasteiger partial charge in [0.25, 0.3) is 5.91 Å². The van der Waals surface area contributed by atoms with Crippen LogP contribution in [0.25, 0.3) is 0 Å². The zero-order valence-corrected chi connectivity index (χ0v) is 16.0. The van der Waals surface area contributed by atoms with Crippen molar-refractivity contribution in [1.82, 2.24) is 24.6 Å². The lowest BCUT2D eigenvalue weighted by molar-refractivity contribution is 0.0494. The summed E-state index contributed by atoms with van der Waals surface area (Å²) in [5.41, 5.74) is 1.96. The first-order chi connectivity index (χ1) is 13.2. The summed E-state index contributed by atoms with van der Waals surface area (Å²) in [4.78, 5) is 15.0. The third-order valence-electron chi connectivity index (χ3n) is 5.72. The van der Waals surface area contributed by atoms with E-state index in [4.69, 9.17) is 4.74 Å². The molecule has 2 aromatic heterocycles. The molecule has 0 unspecified atom stereocenters. The maximum atomic E-state index is 12.5. The van der Waals surface area contributed by atoms with Gasteiger partial charge in [-0.05, 0) is 37.0 Å². The average molecular weight is 371 g/mol. The van der Waals surface area contributed by atoms with Crippen molar-refractivity contribution in [2.45, 2.75) is 25.9 Å². The molecule has 0 spiro atoms. The van der Waals surface area contributed by atoms with Gasteiger partial charge in [0.1, 0.15) is 5.69 Å². The van der Waals surface area contributed by atoms with Crippen LogP contribution in [0.2, 0.25) is 0 Å². The van der Waals surface area contributed by atoms with Crippen LogP contribution in [0.5, 0.6) is 0 Å². The van der Waals surface area contributed by atoms with Gasteiger partial charge in [-0.25, -0.2) is 0 Å². The van der Waals surface area contributed by atoms with Gasteiger partial charge in [0.15, 0.2) is 0 Å². The lowest BCUT2D eigenvalue weighted by Gasteiger charge is -2.30. The molecule has 2 aliphatic heterocycles. The molecule has 2 aromatic rings. The van der Waals surface area contributed by atoms with E-state index in [0.29, 0.717) is 24.1 Å². The third kappa shape index (κ3) is 4.42. The number of nitrogens with zero attached hydrogens (tertiary/aromatic N) is 4. The van der Waals surface area contributed by atoms with Crippen LogP contribution in [0.3, 0.4) is 0 Å². The normalized spacial score (nSPS) is 21.6. The van der Waals surface area contributed by atoms with Gasteiger partial charge in [-0.1, -0.05) is 0 Å². The summed E-state index contributed by atoms with van der Waals surface area (Å²) in [5.74, 6) is 1.03. The maximum Gasteiger partial charge on any atom is 0.267 e. The summed E-state index contributed by atoms with van der Waals surface area (Å²) in [5, 5.41) is 7.62. The Kier molecular flexibility index (Phi) is 5.59. The summed E-state index contributed by atoms with van der Waals surface area (Å²) >= 11 is 0. The zero-order chi connectivity index (χ0) is 18.6. The van der Waals surface area contributed by atoms with Crippen LogP contribution in [0.15, 0.2) is 30.6 Å². The van der Waals surface area contributed by atoms with Crippen molar-refractivity contribution in [1.29, 1.82) is 0 Å². The minimum atomic E-state index is -0.0107. The largest absolute Gasteiger partial charge is 0.381 e. The molecule has 4 heterocycles. The van der Waals surface area contributed by atoms with Crippen LogP contribution in [-0.2, 0) is 24.9 Å². The number of nitrogens with one attached hydrogen (secondary N) is 1. The van der Waals surface area contributed by atoms with Crippen molar-refractivity contribution >= 4 is 5.91 Å². The van der Waals surface area contributed by atoms with E-state index in [1.807, 2.05) is 36.1 Å². The van der Waals surface area contributed by atoms with E-state index in [0.717, 1.165) is 52.2 Å². The lowest BCUT2D eigenvalue weighted by atomic mass is 9.99. The van der Waals surface area contributed by atoms with Crippen LogP contribution in [0.4, 0.5) is 0 Å². The molecule has 0 saturated carbocycles. The van der Waals surface area contributed by atoms with Crippen LogP contribution in [-0.4, -0.2) is 58.0 Å². The van der Waals surface area contributed by atoms with Crippen molar-refractivity contribution in [3.8, 4) is 0 Å². The first-order valence-electron chi connectivity index (χ1n) is 9.89. The second-order valence-electron chi connectivity index (χ2n) is 7.83. The second kappa shape index (κ2) is 8.27. The fourth-order valence-corrected chi connectivity index (χ4v) is 4.21. The fourth-order valence-electron chi connectivity index (χ4n) is 4.21. The highest BCUT2D eigenvalue weighted by molar-refractivity contribution is 5.92. The van der Waals surface area contributed by atoms with Crippen molar-refractivity contribution in [3.05, 3.63) is 42.0 Å². The summed E-state index contributed by atoms with van der Waals surface area (Å²) in [6.07, 6.45) is 6.06. The molecule has 1 atom stereocenters. The summed E-state index contributed by atoms with van der Waals surface area (Å²) < 4.78 is 9.46. The Morgan fingerprint density at radius 2 is 2.11 bits per heavy atom. The van der Waals surface area contributed by atoms with Crippen LogP contribution >= 0.6 is 0 Å². The molecule has 146 valence electrons. The summed E-state index contributed by atoms with van der Waals surface area (Å²) in [6, 6.07) is 5.86. The van der Waals surface area contributed by atoms with E-state index in [2.05, 4.69) is 26.1 Å². The molecule has 1 N–H and O–H groups in total. The standard InChI is InChI=1S/C20H29N5O2/c1-23-8-2-3-19(23)20(26)21-11-17-13-24(12-16-5-9-27-10-6-16)15-18-4-7-22-25(18)14-17/h2-4,7-8,16-17H,5-6,9-15H2,1H3,(H,21,26)/t17-/m1/s1. The molecule has 0 radical (unpaired) electrons. The van der Waals surface area contributed by atoms with Gasteiger partial charge in [0.05, 0.1) is 5.69 Å². The molecule has 7 heteroatoms. The third-order valence-corrected chi connectivity index (χ3v) is 5.72. The zero-order valence-electron chi connectivity index (χ0n) is 16.0. The molecule has 1 amide bonds. The first-order valence-corrected chi connectivity index (χ1v) is 9.89. The van der Waals surface area contributed by atoms with Gasteiger partial charge in [-0.15, -0.1) is 0 Å². The molecule has 27 heavy (non-hydrogen) atoms. The Morgan fingerprint density at radius 1 is 1.26 bits per heavy atom. The summed E-state index contributed by atoms with van der Waals surface area (Å²) in [7, 11) is 1.90. The Hall–Kier alpha value is -2.12. The quantitative estimate of drug-likeness (QED) is 0.865. The average Bonchev–Trinajstić information content (AvgIpc) is 3.25. The predicted molar refractivity (Wildman–Crippen MR) is 102 cm³/mol. The van der Waals surface area contributed by atoms with Crippen LogP contribution < -0.4 is 5.32 Å². The van der Waals surface area contributed by atoms with Crippen molar-refractivity contribution in [3.63, 3.8) is 0 Å². The van der Waals surface area contributed by atoms with E-state index in [1.54, 1.807) is 0 Å². The minimum Gasteiger partial charge on any atom is -0.381 e. The van der Waals surface area contributed by atoms with Crippen molar-refractivity contribution in [2.75, 3.05) is 32.8 Å². The monoisotopic (exact) mass is 371 g/mol. The number of carbonyl (C=O) groups is 1. The number of fused-ring (bicyclic) bond motifs is 1. The Labute approximate surface area is 160 Å². The number of aryl methyl sites for hydroxylation is 1. The first kappa shape index (κ1) is 18.3. The van der Waals surface area contributed by atoms with Gasteiger partial charge in [-0.3, -0.25) is 14.4 Å². The Balaban J connectivity index is 1.40. The van der Waals surface area contributed by atoms with Crippen LogP contribution in [0.1, 0.15) is 29.0 Å². The molecule has 0 aliphatic carbocycles. The number of hydrogen-bond donors (Lipinski definition) is 1. The van der Waals surface area contributed by atoms with Gasteiger partial charge in [0.2, 0.25) is 0 Å². The number of aromatic nitrogens is 3. The van der Waals surface area contributed by atoms with E-state index >= 15 is 0 Å². The molecular formula is C20H29N5O2. The maximum absolute atomic E-state index is 12.5. The molecule has 0 aromatic carbocycles. The molecule has 2 aliphatic rings. The Morgan fingerprint density at radius 3 is 2.89 bits per heavy atom. The number of hydrogen-bond acceptors (Lipinski definition) is 4. The smallest absolute Gasteiger partial charge is 0.267 e. The molecule has 7 nitrogen and oxygen atoms in total. The highest BCUT2D eigenvalue weighted by Crippen LogP contribution is 2.21. The second-order valence-corrected chi connectivity index (χ2v) is 7.83. The highest BCUT2D eigenvalue weighted by atomic mass is 16.5. The molecule has 1 fully saturated rings. The minimum absolute atomic E-state index is 0.0107. The summed E-state index contributed by atoms with van der Waals surface area (Å²) in [6.45, 7) is 6.28. The van der Waals surface area contributed by atoms with E-state index in [-0.39, 0.29) is 5.91 Å². The van der Waals surface area contributed by atoms with E-state index in [9.17, 15) is 4.79 Å². The lowest BCUT2D eigenvalue weighted by Crippen LogP contribution is -2.39. The van der Waals surface area contributed by atoms with Crippen molar-refractivity contribution in [2.24, 2.45) is 18.9 Å². The fraction of sp³-hybridized carbons (Fsp3) is 0.600. The molecular weight excluding hydrogens is 342 g/mol. The van der Waals surface area contributed by atoms with Gasteiger partial charge >= 0.3 is 0 Å². The Bertz CT molecular complexity index is 762. The highest BCUT2D eigenvalue weighted by Gasteiger charge is 2.25. The van der Waals surface area contributed by atoms with Gasteiger partial charge in [-0.2, -0.15) is 5.10 Å². The van der Waals surface area contributed by atoms with Crippen LogP contribution in [0, 0.1) is 11.8 Å². The van der Waals surface area contributed by atoms with Gasteiger partial charge < -0.3 is 14.6 Å². The number of ether oxygens (including phenoxy) is 1. The SMILES string of the molecule is Cn1cccc1C(=O)NC[C@@H]1CN(CC2CCOCC2)Cc2ccnn2C1. The molecule has 4 rings (SSSR count). The molecule has 1 saturated heterocycles. The van der Waals surface area contributed by atoms with Crippen molar-refractivity contribution < 1.29 is 9.53 Å². The van der Waals surface area contributed by atoms with Gasteiger partial charge in [0, 0.05) is 71.3 Å². The topological polar surface area (TPSA) is 64.3 Å². The molecule has 0 bridgehead atoms. The van der Waals surface area contributed by atoms with E-state index < -0.39 is 0 Å².